The predicted molar refractivity (Wildman–Crippen MR) is 91.0 cm³/mol. The molecule has 0 spiro atoms. The molecule has 10 heteroatoms. The number of aromatic nitrogens is 2. The normalized spacial score (nSPS) is 12.9. The van der Waals surface area contributed by atoms with E-state index in [2.05, 4.69) is 25.1 Å². The maximum atomic E-state index is 12.5. The molecule has 1 atom stereocenters. The van der Waals surface area contributed by atoms with Crippen LogP contribution in [0, 0.1) is 0 Å². The monoisotopic (exact) mass is 384 g/mol. The van der Waals surface area contributed by atoms with Gasteiger partial charge in [0.1, 0.15) is 6.61 Å². The number of halogens is 3. The molecule has 0 radical (unpaired) electrons. The number of hydrogen-bond donors (Lipinski definition) is 1. The van der Waals surface area contributed by atoms with Gasteiger partial charge in [0.05, 0.1) is 12.3 Å². The average Bonchev–Trinajstić information content (AvgIpc) is 3.12. The zero-order valence-corrected chi connectivity index (χ0v) is 14.8. The van der Waals surface area contributed by atoms with Crippen LogP contribution in [-0.2, 0) is 11.0 Å². The van der Waals surface area contributed by atoms with Crippen LogP contribution in [0.4, 0.5) is 13.2 Å². The lowest BCUT2D eigenvalue weighted by molar-refractivity contribution is -0.159. The van der Waals surface area contributed by atoms with Crippen molar-refractivity contribution in [3.63, 3.8) is 0 Å². The first-order valence-electron chi connectivity index (χ1n) is 8.29. The largest absolute Gasteiger partial charge is 0.471 e. The molecule has 0 aliphatic carbocycles. The smallest absolute Gasteiger partial charge is 0.396 e. The van der Waals surface area contributed by atoms with Crippen LogP contribution in [0.1, 0.15) is 42.9 Å². The van der Waals surface area contributed by atoms with E-state index >= 15 is 0 Å². The summed E-state index contributed by atoms with van der Waals surface area (Å²) in [6, 6.07) is 5.43. The fourth-order valence-corrected chi connectivity index (χ4v) is 1.95. The topological polar surface area (TPSA) is 89.6 Å². The number of amides is 1. The molecule has 1 heterocycles. The van der Waals surface area contributed by atoms with Crippen LogP contribution >= 0.6 is 0 Å². The van der Waals surface area contributed by atoms with Gasteiger partial charge in [0.2, 0.25) is 5.82 Å². The van der Waals surface area contributed by atoms with Crippen molar-refractivity contribution in [1.29, 1.82) is 0 Å². The summed E-state index contributed by atoms with van der Waals surface area (Å²) in [5.41, 5.74) is 0.621. The maximum Gasteiger partial charge on any atom is 0.471 e. The second-order valence-electron chi connectivity index (χ2n) is 5.70. The maximum absolute atomic E-state index is 12.5. The molecule has 146 valence electrons. The minimum absolute atomic E-state index is 0.209. The highest BCUT2D eigenvalue weighted by Gasteiger charge is 2.38. The molecule has 2 rings (SSSR count). The van der Waals surface area contributed by atoms with Gasteiger partial charge in [-0.05, 0) is 25.5 Å². The molecule has 1 aromatic carbocycles. The van der Waals surface area contributed by atoms with Gasteiger partial charge in [0.15, 0.2) is 0 Å². The molecule has 1 unspecified atom stereocenters. The van der Waals surface area contributed by atoms with Gasteiger partial charge in [-0.3, -0.25) is 4.79 Å². The van der Waals surface area contributed by atoms with Crippen LogP contribution in [0.3, 0.4) is 0 Å². The molecule has 0 saturated heterocycles. The van der Waals surface area contributed by atoms with E-state index in [1.165, 1.54) is 30.5 Å². The number of nitrogens with one attached hydrogen (secondary N) is 1. The van der Waals surface area contributed by atoms with Gasteiger partial charge in [-0.25, -0.2) is 0 Å². The Kier molecular flexibility index (Phi) is 6.91. The minimum atomic E-state index is -4.71. The number of carbonyl (C=O) groups is 1. The van der Waals surface area contributed by atoms with Crippen molar-refractivity contribution in [3.05, 3.63) is 35.7 Å². The number of carbonyl (C=O) groups excluding carboxylic acids is 1. The number of benzene rings is 1. The third-order valence-electron chi connectivity index (χ3n) is 3.38. The molecule has 1 amide bonds. The second kappa shape index (κ2) is 9.15. The number of rotatable bonds is 8. The van der Waals surface area contributed by atoms with Crippen molar-refractivity contribution < 1.29 is 27.3 Å². The van der Waals surface area contributed by atoms with Crippen LogP contribution < -0.4 is 5.32 Å². The first-order chi connectivity index (χ1) is 12.8. The van der Waals surface area contributed by atoms with Crippen LogP contribution in [0.15, 0.2) is 33.9 Å². The van der Waals surface area contributed by atoms with Crippen molar-refractivity contribution in [1.82, 2.24) is 15.5 Å². The molecular weight excluding hydrogens is 365 g/mol. The first-order valence-corrected chi connectivity index (χ1v) is 8.29. The van der Waals surface area contributed by atoms with E-state index in [0.717, 1.165) is 12.8 Å². The van der Waals surface area contributed by atoms with Crippen LogP contribution in [-0.4, -0.2) is 34.9 Å². The summed E-state index contributed by atoms with van der Waals surface area (Å²) in [7, 11) is 0. The molecule has 0 fully saturated rings. The second-order valence-corrected chi connectivity index (χ2v) is 5.70. The minimum Gasteiger partial charge on any atom is -0.396 e. The summed E-state index contributed by atoms with van der Waals surface area (Å²) in [6.07, 6.45) is -1.34. The number of hydrogen-bond acceptors (Lipinski definition) is 6. The highest BCUT2D eigenvalue weighted by atomic mass is 19.4. The molecule has 1 aromatic heterocycles. The van der Waals surface area contributed by atoms with E-state index < -0.39 is 12.1 Å². The Morgan fingerprint density at radius 3 is 2.67 bits per heavy atom. The van der Waals surface area contributed by atoms with Gasteiger partial charge < -0.3 is 14.7 Å². The number of alkyl halides is 3. The highest BCUT2D eigenvalue weighted by Crippen LogP contribution is 2.29. The zero-order chi connectivity index (χ0) is 19.9. The van der Waals surface area contributed by atoms with Gasteiger partial charge >= 0.3 is 12.1 Å². The SMILES string of the molecule is CCCCON=CC(C)NC(=O)c1ccc(-c2noc(C(F)(F)F)n2)cc1. The standard InChI is InChI=1S/C17H19F3N4O3/c1-3-4-9-26-21-10-11(2)22-15(25)13-7-5-12(6-8-13)14-23-16(27-24-14)17(18,19)20/h5-8,10-11H,3-4,9H2,1-2H3,(H,22,25). The van der Waals surface area contributed by atoms with Gasteiger partial charge in [-0.1, -0.05) is 35.8 Å². The summed E-state index contributed by atoms with van der Waals surface area (Å²) < 4.78 is 41.7. The molecule has 2 aromatic rings. The predicted octanol–water partition coefficient (Wildman–Crippen LogP) is 3.68. The lowest BCUT2D eigenvalue weighted by Gasteiger charge is -2.09. The molecule has 0 aliphatic rings. The summed E-state index contributed by atoms with van der Waals surface area (Å²) >= 11 is 0. The van der Waals surface area contributed by atoms with E-state index in [9.17, 15) is 18.0 Å². The van der Waals surface area contributed by atoms with E-state index in [-0.39, 0.29) is 17.8 Å². The van der Waals surface area contributed by atoms with Crippen molar-refractivity contribution in [2.75, 3.05) is 6.61 Å². The average molecular weight is 384 g/mol. The molecule has 0 saturated carbocycles. The van der Waals surface area contributed by atoms with Crippen LogP contribution in [0.25, 0.3) is 11.4 Å². The van der Waals surface area contributed by atoms with Gasteiger partial charge in [0.25, 0.3) is 5.91 Å². The molecule has 1 N–H and O–H groups in total. The van der Waals surface area contributed by atoms with E-state index in [1.807, 2.05) is 6.92 Å². The highest BCUT2D eigenvalue weighted by molar-refractivity contribution is 5.96. The molecule has 0 aliphatic heterocycles. The Labute approximate surface area is 153 Å². The summed E-state index contributed by atoms with van der Waals surface area (Å²) in [5.74, 6) is -1.99. The Hall–Kier alpha value is -2.91. The lowest BCUT2D eigenvalue weighted by atomic mass is 10.1. The molecule has 0 bridgehead atoms. The van der Waals surface area contributed by atoms with E-state index in [1.54, 1.807) is 6.92 Å². The molecular formula is C17H19F3N4O3. The third kappa shape index (κ3) is 6.08. The first kappa shape index (κ1) is 20.4. The quantitative estimate of drug-likeness (QED) is 0.426. The van der Waals surface area contributed by atoms with Gasteiger partial charge in [-0.15, -0.1) is 0 Å². The number of nitrogens with zero attached hydrogens (tertiary/aromatic N) is 3. The fourth-order valence-electron chi connectivity index (χ4n) is 1.95. The van der Waals surface area contributed by atoms with Crippen molar-refractivity contribution in [2.45, 2.75) is 38.9 Å². The molecule has 7 nitrogen and oxygen atoms in total. The number of oxime groups is 1. The summed E-state index contributed by atoms with van der Waals surface area (Å²) in [4.78, 5) is 20.5. The Morgan fingerprint density at radius 1 is 1.37 bits per heavy atom. The fraction of sp³-hybridized carbons (Fsp3) is 0.412. The lowest BCUT2D eigenvalue weighted by Crippen LogP contribution is -2.33. The summed E-state index contributed by atoms with van der Waals surface area (Å²) in [6.45, 7) is 4.29. The zero-order valence-electron chi connectivity index (χ0n) is 14.8. The Morgan fingerprint density at radius 2 is 2.07 bits per heavy atom. The van der Waals surface area contributed by atoms with Crippen LogP contribution in [0.2, 0.25) is 0 Å². The summed E-state index contributed by atoms with van der Waals surface area (Å²) in [5, 5.41) is 9.77. The Bertz CT molecular complexity index is 772. The van der Waals surface area contributed by atoms with E-state index in [0.29, 0.717) is 17.7 Å². The Balaban J connectivity index is 1.94. The van der Waals surface area contributed by atoms with Gasteiger partial charge in [0, 0.05) is 11.1 Å². The molecule has 27 heavy (non-hydrogen) atoms. The van der Waals surface area contributed by atoms with Crippen molar-refractivity contribution in [3.8, 4) is 11.4 Å². The van der Waals surface area contributed by atoms with Gasteiger partial charge in [-0.2, -0.15) is 18.2 Å². The van der Waals surface area contributed by atoms with Crippen molar-refractivity contribution >= 4 is 12.1 Å². The van der Waals surface area contributed by atoms with Crippen LogP contribution in [0.5, 0.6) is 0 Å². The number of unbranched alkanes of at least 4 members (excludes halogenated alkanes) is 1. The third-order valence-corrected chi connectivity index (χ3v) is 3.38. The van der Waals surface area contributed by atoms with Crippen molar-refractivity contribution in [2.24, 2.45) is 5.16 Å². The van der Waals surface area contributed by atoms with E-state index in [4.69, 9.17) is 4.84 Å².